The van der Waals surface area contributed by atoms with Crippen LogP contribution in [0.1, 0.15) is 31.2 Å². The number of amides is 1. The van der Waals surface area contributed by atoms with Gasteiger partial charge in [-0.15, -0.1) is 0 Å². The van der Waals surface area contributed by atoms with Crippen LogP contribution >= 0.6 is 0 Å². The third-order valence-corrected chi connectivity index (χ3v) is 4.80. The van der Waals surface area contributed by atoms with E-state index >= 15 is 0 Å². The van der Waals surface area contributed by atoms with Crippen LogP contribution in [0, 0.1) is 11.6 Å². The summed E-state index contributed by atoms with van der Waals surface area (Å²) in [5.41, 5.74) is 0.104. The number of nitrogens with zero attached hydrogens (tertiary/aromatic N) is 2. The molecule has 0 radical (unpaired) electrons. The van der Waals surface area contributed by atoms with Crippen molar-refractivity contribution in [2.45, 2.75) is 38.3 Å². The minimum absolute atomic E-state index is 0.0444. The first kappa shape index (κ1) is 16.2. The van der Waals surface area contributed by atoms with Gasteiger partial charge in [0.2, 0.25) is 5.89 Å². The van der Waals surface area contributed by atoms with Crippen molar-refractivity contribution in [1.82, 2.24) is 9.88 Å². The highest BCUT2D eigenvalue weighted by atomic mass is 19.1. The van der Waals surface area contributed by atoms with E-state index in [0.717, 1.165) is 12.5 Å². The molecule has 25 heavy (non-hydrogen) atoms. The van der Waals surface area contributed by atoms with E-state index in [1.54, 1.807) is 4.90 Å². The number of ether oxygens (including phenoxy) is 1. The van der Waals surface area contributed by atoms with Gasteiger partial charge in [-0.25, -0.2) is 13.8 Å². The molecule has 1 fully saturated rings. The molecule has 132 valence electrons. The van der Waals surface area contributed by atoms with E-state index in [1.165, 1.54) is 12.1 Å². The van der Waals surface area contributed by atoms with Gasteiger partial charge in [0.25, 0.3) is 5.91 Å². The van der Waals surface area contributed by atoms with Crippen LogP contribution in [-0.2, 0) is 22.5 Å². The maximum Gasteiger partial charge on any atom is 0.254 e. The minimum atomic E-state index is -0.768. The highest BCUT2D eigenvalue weighted by Gasteiger charge is 2.42. The summed E-state index contributed by atoms with van der Waals surface area (Å²) >= 11 is 0. The number of benzene rings is 1. The first-order chi connectivity index (χ1) is 11.9. The molecule has 3 heterocycles. The van der Waals surface area contributed by atoms with Crippen LogP contribution in [0.25, 0.3) is 11.5 Å². The van der Waals surface area contributed by atoms with E-state index in [0.29, 0.717) is 44.0 Å². The van der Waals surface area contributed by atoms with Crippen molar-refractivity contribution in [2.24, 2.45) is 0 Å². The van der Waals surface area contributed by atoms with Crippen LogP contribution in [0.5, 0.6) is 0 Å². The van der Waals surface area contributed by atoms with Gasteiger partial charge < -0.3 is 14.1 Å². The van der Waals surface area contributed by atoms with Gasteiger partial charge in [-0.1, -0.05) is 0 Å². The lowest BCUT2D eigenvalue weighted by atomic mass is 9.99. The molecule has 4 rings (SSSR count). The molecule has 1 aromatic carbocycles. The Balaban J connectivity index is 1.58. The monoisotopic (exact) mass is 348 g/mol. The van der Waals surface area contributed by atoms with Gasteiger partial charge in [0.05, 0.1) is 6.54 Å². The summed E-state index contributed by atoms with van der Waals surface area (Å²) in [6.07, 6.45) is 2.10. The molecule has 0 spiro atoms. The van der Waals surface area contributed by atoms with Gasteiger partial charge in [-0.2, -0.15) is 0 Å². The molecule has 1 unspecified atom stereocenters. The quantitative estimate of drug-likeness (QED) is 0.837. The zero-order valence-electron chi connectivity index (χ0n) is 13.8. The van der Waals surface area contributed by atoms with Crippen molar-refractivity contribution in [3.63, 3.8) is 0 Å². The van der Waals surface area contributed by atoms with Gasteiger partial charge in [0, 0.05) is 31.2 Å². The molecule has 1 aromatic heterocycles. The van der Waals surface area contributed by atoms with Crippen molar-refractivity contribution < 1.29 is 22.7 Å². The molecule has 1 atom stereocenters. The molecule has 2 aliphatic rings. The van der Waals surface area contributed by atoms with Crippen molar-refractivity contribution >= 4 is 5.91 Å². The van der Waals surface area contributed by atoms with Gasteiger partial charge >= 0.3 is 0 Å². The second-order valence-electron chi connectivity index (χ2n) is 6.71. The molecule has 2 aromatic rings. The summed E-state index contributed by atoms with van der Waals surface area (Å²) in [4.78, 5) is 18.8. The van der Waals surface area contributed by atoms with E-state index in [9.17, 15) is 13.6 Å². The summed E-state index contributed by atoms with van der Waals surface area (Å²) in [7, 11) is 0. The Hall–Kier alpha value is -2.28. The topological polar surface area (TPSA) is 55.6 Å². The zero-order chi connectivity index (χ0) is 17.6. The molecule has 7 heteroatoms. The molecular formula is C18H18F2N2O3. The second kappa shape index (κ2) is 5.91. The van der Waals surface area contributed by atoms with Crippen LogP contribution < -0.4 is 0 Å². The first-order valence-electron chi connectivity index (χ1n) is 8.33. The van der Waals surface area contributed by atoms with Crippen molar-refractivity contribution in [1.29, 1.82) is 0 Å². The Morgan fingerprint density at radius 2 is 2.04 bits per heavy atom. The standard InChI is InChI=1S/C18H18F2N2O3/c1-18(4-2-6-24-18)17(23)22-5-3-15-14(10-22)21-16(25-15)11-7-12(19)9-13(20)8-11/h7-9H,2-6,10H2,1H3. The fraction of sp³-hybridized carbons (Fsp3) is 0.444. The van der Waals surface area contributed by atoms with Crippen molar-refractivity contribution in [3.8, 4) is 11.5 Å². The number of aromatic nitrogens is 1. The van der Waals surface area contributed by atoms with Gasteiger partial charge in [0.1, 0.15) is 28.7 Å². The third-order valence-electron chi connectivity index (χ3n) is 4.80. The Kier molecular flexibility index (Phi) is 3.83. The normalized spacial score (nSPS) is 22.9. The summed E-state index contributed by atoms with van der Waals surface area (Å²) in [5, 5.41) is 0. The Labute approximate surface area is 143 Å². The van der Waals surface area contributed by atoms with E-state index < -0.39 is 17.2 Å². The number of halogens is 2. The fourth-order valence-corrected chi connectivity index (χ4v) is 3.45. The molecule has 0 N–H and O–H groups in total. The van der Waals surface area contributed by atoms with Crippen molar-refractivity contribution in [3.05, 3.63) is 41.3 Å². The SMILES string of the molecule is CC1(C(=O)N2CCc3oc(-c4cc(F)cc(F)c4)nc3C2)CCCO1. The van der Waals surface area contributed by atoms with Crippen LogP contribution in [0.3, 0.4) is 0 Å². The maximum atomic E-state index is 13.4. The summed E-state index contributed by atoms with van der Waals surface area (Å²) < 4.78 is 38.1. The van der Waals surface area contributed by atoms with Gasteiger partial charge in [0.15, 0.2) is 0 Å². The lowest BCUT2D eigenvalue weighted by Crippen LogP contribution is -2.48. The lowest BCUT2D eigenvalue weighted by molar-refractivity contribution is -0.152. The van der Waals surface area contributed by atoms with E-state index in [1.807, 2.05) is 6.92 Å². The summed E-state index contributed by atoms with van der Waals surface area (Å²) in [6, 6.07) is 3.16. The van der Waals surface area contributed by atoms with Crippen LogP contribution in [-0.4, -0.2) is 34.5 Å². The fourth-order valence-electron chi connectivity index (χ4n) is 3.45. The number of rotatable bonds is 2. The van der Waals surface area contributed by atoms with E-state index in [2.05, 4.69) is 4.98 Å². The molecule has 2 aliphatic heterocycles. The van der Waals surface area contributed by atoms with Crippen LogP contribution in [0.2, 0.25) is 0 Å². The highest BCUT2D eigenvalue weighted by molar-refractivity contribution is 5.85. The van der Waals surface area contributed by atoms with Crippen LogP contribution in [0.4, 0.5) is 8.78 Å². The average Bonchev–Trinajstić information content (AvgIpc) is 3.19. The maximum absolute atomic E-state index is 13.4. The number of fused-ring (bicyclic) bond motifs is 1. The Morgan fingerprint density at radius 3 is 2.72 bits per heavy atom. The van der Waals surface area contributed by atoms with Gasteiger partial charge in [-0.3, -0.25) is 4.79 Å². The molecule has 1 saturated heterocycles. The number of carbonyl (C=O) groups is 1. The predicted octanol–water partition coefficient (Wildman–Crippen LogP) is 3.07. The highest BCUT2D eigenvalue weighted by Crippen LogP contribution is 2.31. The average molecular weight is 348 g/mol. The van der Waals surface area contributed by atoms with E-state index in [4.69, 9.17) is 9.15 Å². The minimum Gasteiger partial charge on any atom is -0.441 e. The predicted molar refractivity (Wildman–Crippen MR) is 84.6 cm³/mol. The zero-order valence-corrected chi connectivity index (χ0v) is 13.8. The number of hydrogen-bond acceptors (Lipinski definition) is 4. The Bertz CT molecular complexity index is 807. The molecular weight excluding hydrogens is 330 g/mol. The van der Waals surface area contributed by atoms with Gasteiger partial charge in [-0.05, 0) is 31.9 Å². The number of oxazole rings is 1. The molecule has 5 nitrogen and oxygen atoms in total. The summed E-state index contributed by atoms with van der Waals surface area (Å²) in [5.74, 6) is -0.595. The largest absolute Gasteiger partial charge is 0.441 e. The molecule has 0 saturated carbocycles. The number of hydrogen-bond donors (Lipinski definition) is 0. The van der Waals surface area contributed by atoms with Crippen LogP contribution in [0.15, 0.2) is 22.6 Å². The third kappa shape index (κ3) is 2.93. The lowest BCUT2D eigenvalue weighted by Gasteiger charge is -2.32. The molecule has 0 bridgehead atoms. The number of carbonyl (C=O) groups excluding carboxylic acids is 1. The second-order valence-corrected chi connectivity index (χ2v) is 6.71. The van der Waals surface area contributed by atoms with E-state index in [-0.39, 0.29) is 17.4 Å². The molecule has 1 amide bonds. The van der Waals surface area contributed by atoms with Crippen molar-refractivity contribution in [2.75, 3.05) is 13.2 Å². The smallest absolute Gasteiger partial charge is 0.254 e. The molecule has 0 aliphatic carbocycles. The summed E-state index contributed by atoms with van der Waals surface area (Å²) in [6.45, 7) is 3.24. The Morgan fingerprint density at radius 1 is 1.28 bits per heavy atom. The first-order valence-corrected chi connectivity index (χ1v) is 8.33.